The fourth-order valence-electron chi connectivity index (χ4n) is 4.08. The molecule has 154 valence electrons. The number of likely N-dealkylation sites (tertiary alicyclic amines) is 1. The molecule has 7 nitrogen and oxygen atoms in total. The molecule has 3 heterocycles. The van der Waals surface area contributed by atoms with E-state index in [9.17, 15) is 9.90 Å². The summed E-state index contributed by atoms with van der Waals surface area (Å²) in [6.07, 6.45) is 1.50. The fourth-order valence-corrected chi connectivity index (χ4v) is 5.23. The van der Waals surface area contributed by atoms with Crippen LogP contribution >= 0.6 is 11.3 Å². The van der Waals surface area contributed by atoms with Crippen molar-refractivity contribution in [2.24, 2.45) is 5.92 Å². The van der Waals surface area contributed by atoms with Gasteiger partial charge in [-0.1, -0.05) is 35.6 Å². The molecule has 0 amide bonds. The molecule has 29 heavy (non-hydrogen) atoms. The average molecular weight is 415 g/mol. The van der Waals surface area contributed by atoms with Crippen LogP contribution in [0.1, 0.15) is 47.6 Å². The molecule has 0 radical (unpaired) electrons. The van der Waals surface area contributed by atoms with Crippen LogP contribution in [0.25, 0.3) is 4.96 Å². The van der Waals surface area contributed by atoms with E-state index in [0.717, 1.165) is 36.4 Å². The zero-order chi connectivity index (χ0) is 20.5. The number of aromatic hydroxyl groups is 1. The van der Waals surface area contributed by atoms with Gasteiger partial charge in [-0.2, -0.15) is 4.52 Å². The number of ether oxygens (including phenoxy) is 1. The number of hydrogen-bond donors (Lipinski definition) is 1. The number of aromatic nitrogens is 3. The summed E-state index contributed by atoms with van der Waals surface area (Å²) < 4.78 is 6.73. The predicted molar refractivity (Wildman–Crippen MR) is 111 cm³/mol. The largest absolute Gasteiger partial charge is 0.492 e. The smallest absolute Gasteiger partial charge is 0.309 e. The molecule has 1 aliphatic heterocycles. The van der Waals surface area contributed by atoms with Gasteiger partial charge >= 0.3 is 5.97 Å². The molecule has 0 saturated carbocycles. The lowest BCUT2D eigenvalue weighted by molar-refractivity contribution is -0.149. The monoisotopic (exact) mass is 414 g/mol. The topological polar surface area (TPSA) is 80.0 Å². The Morgan fingerprint density at radius 3 is 2.69 bits per heavy atom. The molecule has 1 aliphatic rings. The molecule has 0 bridgehead atoms. The minimum Gasteiger partial charge on any atom is -0.492 e. The molecule has 0 unspecified atom stereocenters. The van der Waals surface area contributed by atoms with Crippen molar-refractivity contribution >= 4 is 22.3 Å². The quantitative estimate of drug-likeness (QED) is 0.644. The number of thiazole rings is 1. The Bertz CT molecular complexity index is 1020. The highest BCUT2D eigenvalue weighted by molar-refractivity contribution is 7.17. The minimum absolute atomic E-state index is 0.0534. The standard InChI is InChI=1S/C21H26N4O3S/c1-4-28-20(27)15-9-11-24(12-10-15)17(16-8-6-5-7-13(16)2)18-19(26)25-21(29-18)22-14(3)23-25/h5-8,15,17,26H,4,9-12H2,1-3H3/t17-/m0/s1. The second-order valence-corrected chi connectivity index (χ2v) is 8.47. The van der Waals surface area contributed by atoms with Crippen LogP contribution in [-0.4, -0.2) is 50.3 Å². The molecule has 1 fully saturated rings. The predicted octanol–water partition coefficient (Wildman–Crippen LogP) is 3.48. The third-order valence-corrected chi connectivity index (χ3v) is 6.62. The zero-order valence-electron chi connectivity index (χ0n) is 17.0. The van der Waals surface area contributed by atoms with E-state index in [1.807, 2.05) is 26.0 Å². The maximum absolute atomic E-state index is 12.1. The van der Waals surface area contributed by atoms with Gasteiger partial charge in [-0.15, -0.1) is 5.10 Å². The third kappa shape index (κ3) is 3.74. The van der Waals surface area contributed by atoms with E-state index in [2.05, 4.69) is 34.0 Å². The molecule has 0 spiro atoms. The number of carbonyl (C=O) groups is 1. The lowest BCUT2D eigenvalue weighted by Gasteiger charge is -2.37. The first-order valence-electron chi connectivity index (χ1n) is 10.0. The first kappa shape index (κ1) is 19.8. The first-order chi connectivity index (χ1) is 14.0. The maximum Gasteiger partial charge on any atom is 0.309 e. The molecular formula is C21H26N4O3S. The van der Waals surface area contributed by atoms with Crippen LogP contribution in [0.2, 0.25) is 0 Å². The van der Waals surface area contributed by atoms with Gasteiger partial charge in [0.05, 0.1) is 23.4 Å². The number of benzene rings is 1. The normalized spacial score (nSPS) is 16.9. The lowest BCUT2D eigenvalue weighted by atomic mass is 9.92. The van der Waals surface area contributed by atoms with Gasteiger partial charge in [-0.05, 0) is 57.8 Å². The number of carbonyl (C=O) groups excluding carboxylic acids is 1. The summed E-state index contributed by atoms with van der Waals surface area (Å²) in [7, 11) is 0. The summed E-state index contributed by atoms with van der Waals surface area (Å²) in [5.41, 5.74) is 2.32. The van der Waals surface area contributed by atoms with E-state index in [0.29, 0.717) is 17.4 Å². The Morgan fingerprint density at radius 2 is 2.03 bits per heavy atom. The Balaban J connectivity index is 1.69. The SMILES string of the molecule is CCOC(=O)C1CCN([C@@H](c2ccccc2C)c2sc3nc(C)nn3c2O)CC1. The molecule has 2 aromatic heterocycles. The van der Waals surface area contributed by atoms with Crippen molar-refractivity contribution in [1.29, 1.82) is 0 Å². The van der Waals surface area contributed by atoms with Crippen molar-refractivity contribution in [3.8, 4) is 5.88 Å². The summed E-state index contributed by atoms with van der Waals surface area (Å²) >= 11 is 1.47. The van der Waals surface area contributed by atoms with Crippen LogP contribution in [0.15, 0.2) is 24.3 Å². The van der Waals surface area contributed by atoms with Crippen molar-refractivity contribution in [2.75, 3.05) is 19.7 Å². The van der Waals surface area contributed by atoms with Crippen molar-refractivity contribution in [2.45, 2.75) is 39.7 Å². The van der Waals surface area contributed by atoms with Gasteiger partial charge in [0, 0.05) is 0 Å². The summed E-state index contributed by atoms with van der Waals surface area (Å²) in [5.74, 6) is 0.631. The van der Waals surface area contributed by atoms with Gasteiger partial charge in [-0.3, -0.25) is 9.69 Å². The number of fused-ring (bicyclic) bond motifs is 1. The van der Waals surface area contributed by atoms with Crippen LogP contribution in [0.3, 0.4) is 0 Å². The molecule has 1 atom stereocenters. The molecule has 1 aromatic carbocycles. The maximum atomic E-state index is 12.1. The van der Waals surface area contributed by atoms with Crippen molar-refractivity contribution in [1.82, 2.24) is 19.5 Å². The van der Waals surface area contributed by atoms with Gasteiger partial charge in [0.25, 0.3) is 0 Å². The van der Waals surface area contributed by atoms with Gasteiger partial charge in [-0.25, -0.2) is 4.98 Å². The van der Waals surface area contributed by atoms with Gasteiger partial charge < -0.3 is 9.84 Å². The van der Waals surface area contributed by atoms with Crippen LogP contribution in [0, 0.1) is 19.8 Å². The molecule has 8 heteroatoms. The summed E-state index contributed by atoms with van der Waals surface area (Å²) in [6, 6.07) is 8.14. The van der Waals surface area contributed by atoms with E-state index in [1.54, 1.807) is 0 Å². The van der Waals surface area contributed by atoms with E-state index >= 15 is 0 Å². The number of esters is 1. The summed E-state index contributed by atoms with van der Waals surface area (Å²) in [6.45, 7) is 7.68. The summed E-state index contributed by atoms with van der Waals surface area (Å²) in [4.78, 5) is 20.4. The fraction of sp³-hybridized carbons (Fsp3) is 0.476. The number of rotatable bonds is 5. The first-order valence-corrected chi connectivity index (χ1v) is 10.8. The Morgan fingerprint density at radius 1 is 1.31 bits per heavy atom. The van der Waals surface area contributed by atoms with Gasteiger partial charge in [0.2, 0.25) is 10.8 Å². The Kier molecular flexibility index (Phi) is 5.56. The van der Waals surface area contributed by atoms with E-state index in [-0.39, 0.29) is 23.8 Å². The van der Waals surface area contributed by atoms with Gasteiger partial charge in [0.15, 0.2) is 0 Å². The molecule has 0 aliphatic carbocycles. The number of nitrogens with zero attached hydrogens (tertiary/aromatic N) is 4. The average Bonchev–Trinajstić information content (AvgIpc) is 3.22. The van der Waals surface area contributed by atoms with E-state index in [4.69, 9.17) is 4.74 Å². The van der Waals surface area contributed by atoms with E-state index in [1.165, 1.54) is 21.4 Å². The van der Waals surface area contributed by atoms with Crippen LogP contribution in [0.5, 0.6) is 5.88 Å². The third-order valence-electron chi connectivity index (χ3n) is 5.55. The van der Waals surface area contributed by atoms with Crippen LogP contribution in [-0.2, 0) is 9.53 Å². The van der Waals surface area contributed by atoms with Crippen LogP contribution in [0.4, 0.5) is 0 Å². The number of piperidine rings is 1. The molecular weight excluding hydrogens is 388 g/mol. The van der Waals surface area contributed by atoms with Crippen molar-refractivity contribution < 1.29 is 14.6 Å². The van der Waals surface area contributed by atoms with Crippen molar-refractivity contribution in [3.63, 3.8) is 0 Å². The lowest BCUT2D eigenvalue weighted by Crippen LogP contribution is -2.39. The molecule has 1 saturated heterocycles. The van der Waals surface area contributed by atoms with Gasteiger partial charge in [0.1, 0.15) is 5.82 Å². The highest BCUT2D eigenvalue weighted by Gasteiger charge is 2.34. The second kappa shape index (κ2) is 8.12. The molecule has 4 rings (SSSR count). The number of hydrogen-bond acceptors (Lipinski definition) is 7. The molecule has 3 aromatic rings. The highest BCUT2D eigenvalue weighted by atomic mass is 32.1. The second-order valence-electron chi connectivity index (χ2n) is 7.46. The zero-order valence-corrected chi connectivity index (χ0v) is 17.8. The van der Waals surface area contributed by atoms with E-state index < -0.39 is 0 Å². The van der Waals surface area contributed by atoms with Crippen molar-refractivity contribution in [3.05, 3.63) is 46.1 Å². The minimum atomic E-state index is -0.104. The summed E-state index contributed by atoms with van der Waals surface area (Å²) in [5, 5.41) is 15.3. The van der Waals surface area contributed by atoms with Crippen LogP contribution < -0.4 is 0 Å². The Hall–Kier alpha value is -2.45. The Labute approximate surface area is 173 Å². The number of aryl methyl sites for hydroxylation is 2. The highest BCUT2D eigenvalue weighted by Crippen LogP contribution is 2.42. The molecule has 1 N–H and O–H groups in total.